The topological polar surface area (TPSA) is 0 Å². The standard InChI is InChI=1S/C14H22S/c1-4-8-12(6-3)13(9-5-2)14-10-7-11-15-14/h7,10-11H,4-6,8-9H2,1-3H3/b13-12+. The molecule has 0 N–H and O–H groups in total. The summed E-state index contributed by atoms with van der Waals surface area (Å²) in [6.45, 7) is 6.83. The van der Waals surface area contributed by atoms with Gasteiger partial charge in [0.15, 0.2) is 0 Å². The molecule has 1 aromatic rings. The fourth-order valence-electron chi connectivity index (χ4n) is 2.02. The third-order valence-corrected chi connectivity index (χ3v) is 3.65. The highest BCUT2D eigenvalue weighted by Gasteiger charge is 2.07. The Morgan fingerprint density at radius 3 is 2.33 bits per heavy atom. The normalized spacial score (nSPS) is 12.7. The van der Waals surface area contributed by atoms with Crippen LogP contribution in [0.3, 0.4) is 0 Å². The third kappa shape index (κ3) is 3.49. The van der Waals surface area contributed by atoms with Crippen LogP contribution in [-0.4, -0.2) is 0 Å². The summed E-state index contributed by atoms with van der Waals surface area (Å²) in [5.41, 5.74) is 3.29. The maximum atomic E-state index is 2.29. The summed E-state index contributed by atoms with van der Waals surface area (Å²) in [5.74, 6) is 0. The Hall–Kier alpha value is -0.560. The second kappa shape index (κ2) is 6.84. The van der Waals surface area contributed by atoms with Crippen molar-refractivity contribution < 1.29 is 0 Å². The Balaban J connectivity index is 2.97. The van der Waals surface area contributed by atoms with Crippen LogP contribution in [0.2, 0.25) is 0 Å². The van der Waals surface area contributed by atoms with E-state index in [1.807, 2.05) is 11.3 Å². The van der Waals surface area contributed by atoms with Crippen LogP contribution in [0.25, 0.3) is 5.57 Å². The van der Waals surface area contributed by atoms with Crippen LogP contribution in [0.15, 0.2) is 23.1 Å². The van der Waals surface area contributed by atoms with Gasteiger partial charge < -0.3 is 0 Å². The number of hydrogen-bond donors (Lipinski definition) is 0. The van der Waals surface area contributed by atoms with Crippen LogP contribution < -0.4 is 0 Å². The van der Waals surface area contributed by atoms with Crippen molar-refractivity contribution in [2.24, 2.45) is 0 Å². The third-order valence-electron chi connectivity index (χ3n) is 2.72. The highest BCUT2D eigenvalue weighted by molar-refractivity contribution is 7.11. The van der Waals surface area contributed by atoms with Crippen molar-refractivity contribution in [2.75, 3.05) is 0 Å². The van der Waals surface area contributed by atoms with E-state index in [9.17, 15) is 0 Å². The first-order chi connectivity index (χ1) is 7.33. The molecule has 0 aromatic carbocycles. The SMILES string of the molecule is CCC/C(CC)=C(\CCC)c1cccs1. The zero-order valence-corrected chi connectivity index (χ0v) is 11.0. The van der Waals surface area contributed by atoms with Gasteiger partial charge in [-0.15, -0.1) is 11.3 Å². The lowest BCUT2D eigenvalue weighted by atomic mass is 9.96. The molecule has 0 amide bonds. The number of allylic oxidation sites excluding steroid dienone is 2. The molecule has 1 rings (SSSR count). The Labute approximate surface area is 98.0 Å². The van der Waals surface area contributed by atoms with Gasteiger partial charge >= 0.3 is 0 Å². The van der Waals surface area contributed by atoms with E-state index in [0.29, 0.717) is 0 Å². The second-order valence-electron chi connectivity index (χ2n) is 3.91. The molecule has 1 heteroatoms. The molecular weight excluding hydrogens is 200 g/mol. The largest absolute Gasteiger partial charge is 0.144 e. The molecule has 0 aliphatic rings. The summed E-state index contributed by atoms with van der Waals surface area (Å²) in [6, 6.07) is 4.43. The van der Waals surface area contributed by atoms with Crippen molar-refractivity contribution in [3.63, 3.8) is 0 Å². The molecular formula is C14H22S. The first-order valence-electron chi connectivity index (χ1n) is 6.08. The summed E-state index contributed by atoms with van der Waals surface area (Å²) in [4.78, 5) is 1.49. The maximum absolute atomic E-state index is 2.29. The molecule has 84 valence electrons. The van der Waals surface area contributed by atoms with Crippen molar-refractivity contribution >= 4 is 16.9 Å². The lowest BCUT2D eigenvalue weighted by Crippen LogP contribution is -1.90. The van der Waals surface area contributed by atoms with Gasteiger partial charge in [0, 0.05) is 4.88 Å². The molecule has 0 radical (unpaired) electrons. The van der Waals surface area contributed by atoms with Crippen LogP contribution in [0.5, 0.6) is 0 Å². The highest BCUT2D eigenvalue weighted by Crippen LogP contribution is 2.31. The van der Waals surface area contributed by atoms with Crippen molar-refractivity contribution in [3.8, 4) is 0 Å². The molecule has 0 unspecified atom stereocenters. The minimum absolute atomic E-state index is 1.21. The summed E-state index contributed by atoms with van der Waals surface area (Å²) >= 11 is 1.88. The molecule has 0 nitrogen and oxygen atoms in total. The van der Waals surface area contributed by atoms with Gasteiger partial charge in [0.1, 0.15) is 0 Å². The van der Waals surface area contributed by atoms with Gasteiger partial charge in [-0.05, 0) is 36.3 Å². The number of rotatable bonds is 6. The van der Waals surface area contributed by atoms with E-state index in [2.05, 4.69) is 38.3 Å². The van der Waals surface area contributed by atoms with E-state index < -0.39 is 0 Å². The van der Waals surface area contributed by atoms with Crippen LogP contribution >= 0.6 is 11.3 Å². The fraction of sp³-hybridized carbons (Fsp3) is 0.571. The summed E-state index contributed by atoms with van der Waals surface area (Å²) in [6.07, 6.45) is 6.23. The minimum atomic E-state index is 1.21. The summed E-state index contributed by atoms with van der Waals surface area (Å²) in [5, 5.41) is 2.18. The quantitative estimate of drug-likeness (QED) is 0.595. The van der Waals surface area contributed by atoms with Gasteiger partial charge in [0.25, 0.3) is 0 Å². The van der Waals surface area contributed by atoms with E-state index in [0.717, 1.165) is 0 Å². The van der Waals surface area contributed by atoms with Gasteiger partial charge in [-0.3, -0.25) is 0 Å². The Bertz CT molecular complexity index is 293. The van der Waals surface area contributed by atoms with Crippen LogP contribution in [0.4, 0.5) is 0 Å². The monoisotopic (exact) mass is 222 g/mol. The van der Waals surface area contributed by atoms with Crippen molar-refractivity contribution in [1.29, 1.82) is 0 Å². The van der Waals surface area contributed by atoms with Crippen LogP contribution in [0.1, 0.15) is 57.8 Å². The Kier molecular flexibility index (Phi) is 5.70. The molecule has 15 heavy (non-hydrogen) atoms. The molecule has 0 aliphatic heterocycles. The average molecular weight is 222 g/mol. The second-order valence-corrected chi connectivity index (χ2v) is 4.86. The van der Waals surface area contributed by atoms with Crippen molar-refractivity contribution in [1.82, 2.24) is 0 Å². The maximum Gasteiger partial charge on any atom is 0.0301 e. The molecule has 0 aliphatic carbocycles. The highest BCUT2D eigenvalue weighted by atomic mass is 32.1. The van der Waals surface area contributed by atoms with Gasteiger partial charge in [-0.1, -0.05) is 45.3 Å². The first-order valence-corrected chi connectivity index (χ1v) is 6.96. The lowest BCUT2D eigenvalue weighted by Gasteiger charge is -2.11. The van der Waals surface area contributed by atoms with Crippen molar-refractivity contribution in [3.05, 3.63) is 28.0 Å². The summed E-state index contributed by atoms with van der Waals surface area (Å²) in [7, 11) is 0. The molecule has 0 bridgehead atoms. The average Bonchev–Trinajstić information content (AvgIpc) is 2.76. The number of hydrogen-bond acceptors (Lipinski definition) is 1. The Morgan fingerprint density at radius 1 is 1.13 bits per heavy atom. The van der Waals surface area contributed by atoms with Crippen LogP contribution in [-0.2, 0) is 0 Å². The molecule has 0 atom stereocenters. The minimum Gasteiger partial charge on any atom is -0.144 e. The van der Waals surface area contributed by atoms with E-state index in [1.165, 1.54) is 37.0 Å². The van der Waals surface area contributed by atoms with E-state index in [-0.39, 0.29) is 0 Å². The molecule has 0 spiro atoms. The van der Waals surface area contributed by atoms with Gasteiger partial charge in [-0.2, -0.15) is 0 Å². The first kappa shape index (κ1) is 12.5. The van der Waals surface area contributed by atoms with Gasteiger partial charge in [-0.25, -0.2) is 0 Å². The molecule has 1 aromatic heterocycles. The predicted molar refractivity (Wildman–Crippen MR) is 71.3 cm³/mol. The Morgan fingerprint density at radius 2 is 1.87 bits per heavy atom. The lowest BCUT2D eigenvalue weighted by molar-refractivity contribution is 0.846. The van der Waals surface area contributed by atoms with Crippen molar-refractivity contribution in [2.45, 2.75) is 52.9 Å². The molecule has 0 saturated heterocycles. The molecule has 0 saturated carbocycles. The smallest absolute Gasteiger partial charge is 0.0301 e. The zero-order valence-electron chi connectivity index (χ0n) is 10.2. The predicted octanol–water partition coefficient (Wildman–Crippen LogP) is 5.51. The van der Waals surface area contributed by atoms with E-state index in [1.54, 1.807) is 11.1 Å². The van der Waals surface area contributed by atoms with E-state index in [4.69, 9.17) is 0 Å². The fourth-order valence-corrected chi connectivity index (χ4v) is 2.87. The summed E-state index contributed by atoms with van der Waals surface area (Å²) < 4.78 is 0. The van der Waals surface area contributed by atoms with Crippen LogP contribution in [0, 0.1) is 0 Å². The zero-order chi connectivity index (χ0) is 11.1. The molecule has 1 heterocycles. The number of thiophene rings is 1. The molecule has 0 fully saturated rings. The van der Waals surface area contributed by atoms with E-state index >= 15 is 0 Å². The van der Waals surface area contributed by atoms with Gasteiger partial charge in [0.2, 0.25) is 0 Å². The van der Waals surface area contributed by atoms with Gasteiger partial charge in [0.05, 0.1) is 0 Å².